The number of anilines is 2. The molecule has 1 heterocycles. The van der Waals surface area contributed by atoms with Crippen LogP contribution in [-0.4, -0.2) is 35.2 Å². The van der Waals surface area contributed by atoms with Crippen LogP contribution >= 0.6 is 23.6 Å². The van der Waals surface area contributed by atoms with Crippen molar-refractivity contribution < 1.29 is 28.4 Å². The molecule has 0 fully saturated rings. The van der Waals surface area contributed by atoms with Crippen molar-refractivity contribution in [1.29, 1.82) is 0 Å². The van der Waals surface area contributed by atoms with Crippen LogP contribution in [0, 0.1) is 22.9 Å². The number of esters is 2. The molecule has 0 bridgehead atoms. The molecule has 160 valence electrons. The van der Waals surface area contributed by atoms with Gasteiger partial charge < -0.3 is 20.1 Å². The number of thiocarbonyl (C=S) groups is 1. The summed E-state index contributed by atoms with van der Waals surface area (Å²) >= 11 is 6.07. The Labute approximate surface area is 180 Å². The predicted octanol–water partition coefficient (Wildman–Crippen LogP) is 4.27. The topological polar surface area (TPSA) is 120 Å². The summed E-state index contributed by atoms with van der Waals surface area (Å²) in [5.74, 6) is -2.04. The average Bonchev–Trinajstić information content (AvgIpc) is 2.99. The fourth-order valence-corrected chi connectivity index (χ4v) is 3.79. The van der Waals surface area contributed by atoms with Gasteiger partial charge in [0.05, 0.1) is 29.4 Å². The maximum absolute atomic E-state index is 14.0. The van der Waals surface area contributed by atoms with Gasteiger partial charge in [0.1, 0.15) is 15.7 Å². The summed E-state index contributed by atoms with van der Waals surface area (Å²) < 4.78 is 24.0. The number of nitro benzene ring substituents is 1. The summed E-state index contributed by atoms with van der Waals surface area (Å²) in [7, 11) is 0. The Morgan fingerprint density at radius 3 is 2.43 bits per heavy atom. The lowest BCUT2D eigenvalue weighted by molar-refractivity contribution is -0.384. The van der Waals surface area contributed by atoms with Crippen LogP contribution in [0.15, 0.2) is 18.2 Å². The van der Waals surface area contributed by atoms with E-state index < -0.39 is 22.7 Å². The van der Waals surface area contributed by atoms with Crippen molar-refractivity contribution in [1.82, 2.24) is 0 Å². The molecule has 0 aliphatic carbocycles. The summed E-state index contributed by atoms with van der Waals surface area (Å²) in [6, 6.07) is 2.94. The molecule has 2 aromatic rings. The molecule has 0 aliphatic heterocycles. The lowest BCUT2D eigenvalue weighted by Crippen LogP contribution is -2.21. The highest BCUT2D eigenvalue weighted by molar-refractivity contribution is 7.80. The van der Waals surface area contributed by atoms with Gasteiger partial charge >= 0.3 is 11.9 Å². The van der Waals surface area contributed by atoms with Crippen molar-refractivity contribution in [2.45, 2.75) is 20.8 Å². The third-order valence-electron chi connectivity index (χ3n) is 3.72. The van der Waals surface area contributed by atoms with Gasteiger partial charge in [-0.3, -0.25) is 10.1 Å². The van der Waals surface area contributed by atoms with E-state index in [1.54, 1.807) is 20.8 Å². The van der Waals surface area contributed by atoms with Gasteiger partial charge in [0.25, 0.3) is 5.69 Å². The number of hydrogen-bond donors (Lipinski definition) is 2. The van der Waals surface area contributed by atoms with Crippen molar-refractivity contribution in [2.75, 3.05) is 23.8 Å². The van der Waals surface area contributed by atoms with Gasteiger partial charge in [0.15, 0.2) is 5.11 Å². The molecular weight excluding hydrogens is 437 g/mol. The third kappa shape index (κ3) is 5.27. The molecule has 0 radical (unpaired) electrons. The van der Waals surface area contributed by atoms with Gasteiger partial charge in [-0.2, -0.15) is 0 Å². The summed E-state index contributed by atoms with van der Waals surface area (Å²) in [6.07, 6.45) is 0. The van der Waals surface area contributed by atoms with E-state index in [-0.39, 0.29) is 45.1 Å². The first-order valence-corrected chi connectivity index (χ1v) is 9.91. The van der Waals surface area contributed by atoms with Gasteiger partial charge in [-0.1, -0.05) is 0 Å². The summed E-state index contributed by atoms with van der Waals surface area (Å²) in [5, 5.41) is 16.2. The zero-order chi connectivity index (χ0) is 22.4. The largest absolute Gasteiger partial charge is 0.462 e. The molecule has 0 atom stereocenters. The van der Waals surface area contributed by atoms with Gasteiger partial charge in [-0.15, -0.1) is 11.3 Å². The Bertz CT molecular complexity index is 1010. The highest BCUT2D eigenvalue weighted by Gasteiger charge is 2.27. The Balaban J connectivity index is 2.34. The highest BCUT2D eigenvalue weighted by Crippen LogP contribution is 2.34. The fraction of sp³-hybridized carbons (Fsp3) is 0.278. The SMILES string of the molecule is CCOC(=O)c1sc(NC(=S)Nc2cc([N+](=O)[O-])ccc2F)c(C(=O)OCC)c1C. The minimum atomic E-state index is -0.759. The number of rotatable bonds is 7. The van der Waals surface area contributed by atoms with Gasteiger partial charge in [-0.05, 0) is 44.6 Å². The second-order valence-electron chi connectivity index (χ2n) is 5.70. The molecule has 30 heavy (non-hydrogen) atoms. The van der Waals surface area contributed by atoms with Crippen molar-refractivity contribution in [3.05, 3.63) is 50.1 Å². The van der Waals surface area contributed by atoms with Crippen LogP contribution in [0.5, 0.6) is 0 Å². The molecule has 2 rings (SSSR count). The van der Waals surface area contributed by atoms with Crippen molar-refractivity contribution in [3.63, 3.8) is 0 Å². The number of benzene rings is 1. The number of carbonyl (C=O) groups excluding carboxylic acids is 2. The van der Waals surface area contributed by atoms with Gasteiger partial charge in [0, 0.05) is 12.1 Å². The number of thiophene rings is 1. The Hall–Kier alpha value is -3.12. The second-order valence-corrected chi connectivity index (χ2v) is 7.13. The third-order valence-corrected chi connectivity index (χ3v) is 5.11. The van der Waals surface area contributed by atoms with Crippen molar-refractivity contribution in [3.8, 4) is 0 Å². The number of ether oxygens (including phenoxy) is 2. The number of halogens is 1. The van der Waals surface area contributed by atoms with Crippen LogP contribution in [0.2, 0.25) is 0 Å². The maximum Gasteiger partial charge on any atom is 0.348 e. The van der Waals surface area contributed by atoms with Crippen LogP contribution in [0.1, 0.15) is 39.4 Å². The molecule has 2 N–H and O–H groups in total. The molecule has 0 amide bonds. The van der Waals surface area contributed by atoms with Crippen LogP contribution in [0.4, 0.5) is 20.8 Å². The van der Waals surface area contributed by atoms with Crippen molar-refractivity contribution >= 4 is 57.0 Å². The lowest BCUT2D eigenvalue weighted by Gasteiger charge is -2.11. The molecular formula is C18H18FN3O6S2. The zero-order valence-electron chi connectivity index (χ0n) is 16.2. The fourth-order valence-electron chi connectivity index (χ4n) is 2.42. The number of hydrogen-bond acceptors (Lipinski definition) is 8. The van der Waals surface area contributed by atoms with Crippen LogP contribution in [0.3, 0.4) is 0 Å². The molecule has 0 saturated carbocycles. The van der Waals surface area contributed by atoms with E-state index in [2.05, 4.69) is 10.6 Å². The second kappa shape index (κ2) is 10.1. The van der Waals surface area contributed by atoms with E-state index in [1.807, 2.05) is 0 Å². The van der Waals surface area contributed by atoms with E-state index >= 15 is 0 Å². The zero-order valence-corrected chi connectivity index (χ0v) is 17.9. The van der Waals surface area contributed by atoms with E-state index in [4.69, 9.17) is 21.7 Å². The molecule has 0 aliphatic rings. The predicted molar refractivity (Wildman–Crippen MR) is 114 cm³/mol. The van der Waals surface area contributed by atoms with E-state index in [0.29, 0.717) is 5.56 Å². The van der Waals surface area contributed by atoms with Crippen LogP contribution in [-0.2, 0) is 9.47 Å². The summed E-state index contributed by atoms with van der Waals surface area (Å²) in [4.78, 5) is 35.0. The number of non-ortho nitro benzene ring substituents is 1. The Kier molecular flexibility index (Phi) is 7.78. The summed E-state index contributed by atoms with van der Waals surface area (Å²) in [6.45, 7) is 5.12. The highest BCUT2D eigenvalue weighted by atomic mass is 32.1. The molecule has 0 unspecified atom stereocenters. The number of nitrogens with one attached hydrogen (secondary N) is 2. The minimum Gasteiger partial charge on any atom is -0.462 e. The Morgan fingerprint density at radius 1 is 1.20 bits per heavy atom. The first-order chi connectivity index (χ1) is 14.2. The molecule has 9 nitrogen and oxygen atoms in total. The van der Waals surface area contributed by atoms with Crippen LogP contribution in [0.25, 0.3) is 0 Å². The smallest absolute Gasteiger partial charge is 0.348 e. The molecule has 12 heteroatoms. The first-order valence-electron chi connectivity index (χ1n) is 8.69. The van der Waals surface area contributed by atoms with E-state index in [9.17, 15) is 24.1 Å². The standard InChI is InChI=1S/C18H18FN3O6S2/c1-4-27-16(23)13-9(3)14(17(24)28-5-2)30-15(13)21-18(29)20-12-8-10(22(25)26)6-7-11(12)19/h6-8H,4-5H2,1-3H3,(H2,20,21,29). The first kappa shape index (κ1) is 23.2. The lowest BCUT2D eigenvalue weighted by atomic mass is 10.1. The van der Waals surface area contributed by atoms with Crippen molar-refractivity contribution in [2.24, 2.45) is 0 Å². The quantitative estimate of drug-likeness (QED) is 0.273. The number of nitro groups is 1. The van der Waals surface area contributed by atoms with Crippen LogP contribution < -0.4 is 10.6 Å². The normalized spacial score (nSPS) is 10.3. The maximum atomic E-state index is 14.0. The van der Waals surface area contributed by atoms with Gasteiger partial charge in [-0.25, -0.2) is 14.0 Å². The van der Waals surface area contributed by atoms with E-state index in [1.165, 1.54) is 0 Å². The monoisotopic (exact) mass is 455 g/mol. The summed E-state index contributed by atoms with van der Waals surface area (Å²) in [5.41, 5.74) is -0.110. The molecule has 1 aromatic heterocycles. The Morgan fingerprint density at radius 2 is 1.83 bits per heavy atom. The molecule has 1 aromatic carbocycles. The van der Waals surface area contributed by atoms with E-state index in [0.717, 1.165) is 29.5 Å². The number of nitrogens with zero attached hydrogens (tertiary/aromatic N) is 1. The average molecular weight is 455 g/mol. The van der Waals surface area contributed by atoms with Gasteiger partial charge in [0.2, 0.25) is 0 Å². The number of carbonyl (C=O) groups is 2. The minimum absolute atomic E-state index is 0.0913. The molecule has 0 saturated heterocycles. The molecule has 0 spiro atoms.